The summed E-state index contributed by atoms with van der Waals surface area (Å²) >= 11 is 0. The number of para-hydroxylation sites is 1. The van der Waals surface area contributed by atoms with Crippen molar-refractivity contribution < 1.29 is 9.53 Å². The normalized spacial score (nSPS) is 17.6. The van der Waals surface area contributed by atoms with Crippen LogP contribution in [0.5, 0.6) is 5.75 Å². The first-order chi connectivity index (χ1) is 8.70. The minimum Gasteiger partial charge on any atom is -0.496 e. The second kappa shape index (κ2) is 5.87. The van der Waals surface area contributed by atoms with E-state index >= 15 is 0 Å². The monoisotopic (exact) mass is 248 g/mol. The molecule has 98 valence electrons. The Hall–Kier alpha value is -1.55. The van der Waals surface area contributed by atoms with Gasteiger partial charge in [0.15, 0.2) is 0 Å². The van der Waals surface area contributed by atoms with Gasteiger partial charge < -0.3 is 10.5 Å². The molecule has 2 N–H and O–H groups in total. The van der Waals surface area contributed by atoms with Crippen LogP contribution in [0.3, 0.4) is 0 Å². The van der Waals surface area contributed by atoms with E-state index in [4.69, 9.17) is 10.5 Å². The maximum Gasteiger partial charge on any atom is 0.220 e. The molecule has 0 spiro atoms. The Morgan fingerprint density at radius 3 is 2.67 bits per heavy atom. The summed E-state index contributed by atoms with van der Waals surface area (Å²) in [6.45, 7) is 2.72. The quantitative estimate of drug-likeness (QED) is 0.876. The van der Waals surface area contributed by atoms with E-state index in [9.17, 15) is 4.79 Å². The zero-order valence-electron chi connectivity index (χ0n) is 10.8. The Labute approximate surface area is 108 Å². The van der Waals surface area contributed by atoms with Crippen molar-refractivity contribution in [2.45, 2.75) is 19.4 Å². The molecule has 0 aromatic heterocycles. The standard InChI is InChI=1S/C14H20N2O2/c1-18-13-5-3-2-4-12(13)10-16-8-6-11(7-9-16)14(15)17/h2-5,11H,6-10H2,1H3,(H2,15,17). The summed E-state index contributed by atoms with van der Waals surface area (Å²) in [5, 5.41) is 0. The molecule has 1 aliphatic heterocycles. The molecule has 1 aromatic rings. The third kappa shape index (κ3) is 3.01. The number of hydrogen-bond acceptors (Lipinski definition) is 3. The first-order valence-corrected chi connectivity index (χ1v) is 6.34. The molecule has 0 unspecified atom stereocenters. The average Bonchev–Trinajstić information content (AvgIpc) is 2.40. The second-order valence-corrected chi connectivity index (χ2v) is 4.76. The number of nitrogens with zero attached hydrogens (tertiary/aromatic N) is 1. The molecular weight excluding hydrogens is 228 g/mol. The molecule has 0 radical (unpaired) electrons. The summed E-state index contributed by atoms with van der Waals surface area (Å²) in [7, 11) is 1.69. The van der Waals surface area contributed by atoms with Crippen LogP contribution in [0.2, 0.25) is 0 Å². The highest BCUT2D eigenvalue weighted by Crippen LogP contribution is 2.23. The van der Waals surface area contributed by atoms with Crippen molar-refractivity contribution in [3.63, 3.8) is 0 Å². The maximum atomic E-state index is 11.1. The number of benzene rings is 1. The molecule has 1 aromatic carbocycles. The van der Waals surface area contributed by atoms with E-state index in [1.807, 2.05) is 18.2 Å². The number of carbonyl (C=O) groups excluding carboxylic acids is 1. The van der Waals surface area contributed by atoms with Crippen molar-refractivity contribution in [2.75, 3.05) is 20.2 Å². The van der Waals surface area contributed by atoms with Gasteiger partial charge in [-0.25, -0.2) is 0 Å². The molecule has 1 amide bonds. The molecular formula is C14H20N2O2. The predicted octanol–water partition coefficient (Wildman–Crippen LogP) is 1.39. The van der Waals surface area contributed by atoms with E-state index in [1.165, 1.54) is 5.56 Å². The lowest BCUT2D eigenvalue weighted by Gasteiger charge is -2.30. The number of methoxy groups -OCH3 is 1. The first kappa shape index (κ1) is 12.9. The van der Waals surface area contributed by atoms with Crippen molar-refractivity contribution >= 4 is 5.91 Å². The van der Waals surface area contributed by atoms with Gasteiger partial charge in [-0.15, -0.1) is 0 Å². The lowest BCUT2D eigenvalue weighted by molar-refractivity contribution is -0.123. The minimum absolute atomic E-state index is 0.0546. The van der Waals surface area contributed by atoms with E-state index in [0.29, 0.717) is 0 Å². The van der Waals surface area contributed by atoms with Gasteiger partial charge in [0, 0.05) is 18.0 Å². The summed E-state index contributed by atoms with van der Waals surface area (Å²) in [5.41, 5.74) is 6.53. The molecule has 4 heteroatoms. The number of piperidine rings is 1. The van der Waals surface area contributed by atoms with Gasteiger partial charge >= 0.3 is 0 Å². The molecule has 0 saturated carbocycles. The number of amides is 1. The van der Waals surface area contributed by atoms with Gasteiger partial charge in [-0.3, -0.25) is 9.69 Å². The number of likely N-dealkylation sites (tertiary alicyclic amines) is 1. The summed E-state index contributed by atoms with van der Waals surface area (Å²) in [6.07, 6.45) is 1.73. The first-order valence-electron chi connectivity index (χ1n) is 6.34. The van der Waals surface area contributed by atoms with Crippen molar-refractivity contribution in [3.05, 3.63) is 29.8 Å². The Bertz CT molecular complexity index is 412. The topological polar surface area (TPSA) is 55.6 Å². The SMILES string of the molecule is COc1ccccc1CN1CCC(C(N)=O)CC1. The van der Waals surface area contributed by atoms with Crippen LogP contribution < -0.4 is 10.5 Å². The smallest absolute Gasteiger partial charge is 0.220 e. The van der Waals surface area contributed by atoms with Gasteiger partial charge in [0.05, 0.1) is 7.11 Å². The van der Waals surface area contributed by atoms with Crippen LogP contribution in [-0.2, 0) is 11.3 Å². The van der Waals surface area contributed by atoms with Crippen LogP contribution in [0.4, 0.5) is 0 Å². The van der Waals surface area contributed by atoms with Gasteiger partial charge in [0.1, 0.15) is 5.75 Å². The highest BCUT2D eigenvalue weighted by Gasteiger charge is 2.23. The predicted molar refractivity (Wildman–Crippen MR) is 70.2 cm³/mol. The van der Waals surface area contributed by atoms with E-state index in [-0.39, 0.29) is 11.8 Å². The maximum absolute atomic E-state index is 11.1. The van der Waals surface area contributed by atoms with Crippen LogP contribution in [0.25, 0.3) is 0 Å². The minimum atomic E-state index is -0.160. The molecule has 4 nitrogen and oxygen atoms in total. The summed E-state index contributed by atoms with van der Waals surface area (Å²) in [4.78, 5) is 13.4. The second-order valence-electron chi connectivity index (χ2n) is 4.76. The zero-order valence-corrected chi connectivity index (χ0v) is 10.8. The molecule has 0 bridgehead atoms. The number of primary amides is 1. The lowest BCUT2D eigenvalue weighted by atomic mass is 9.96. The van der Waals surface area contributed by atoms with Gasteiger partial charge in [0.25, 0.3) is 0 Å². The fraction of sp³-hybridized carbons (Fsp3) is 0.500. The van der Waals surface area contributed by atoms with Crippen molar-refractivity contribution in [2.24, 2.45) is 11.7 Å². The van der Waals surface area contributed by atoms with E-state index in [2.05, 4.69) is 11.0 Å². The molecule has 1 heterocycles. The third-order valence-corrected chi connectivity index (χ3v) is 3.58. The highest BCUT2D eigenvalue weighted by atomic mass is 16.5. The van der Waals surface area contributed by atoms with Gasteiger partial charge in [-0.05, 0) is 32.0 Å². The molecule has 0 aliphatic carbocycles. The number of ether oxygens (including phenoxy) is 1. The molecule has 1 saturated heterocycles. The van der Waals surface area contributed by atoms with Crippen LogP contribution in [-0.4, -0.2) is 31.0 Å². The summed E-state index contributed by atoms with van der Waals surface area (Å²) < 4.78 is 5.35. The average molecular weight is 248 g/mol. The van der Waals surface area contributed by atoms with Crippen LogP contribution in [0, 0.1) is 5.92 Å². The number of carbonyl (C=O) groups is 1. The molecule has 1 fully saturated rings. The Balaban J connectivity index is 1.93. The lowest BCUT2D eigenvalue weighted by Crippen LogP contribution is -2.38. The number of hydrogen-bond donors (Lipinski definition) is 1. The Morgan fingerprint density at radius 1 is 1.39 bits per heavy atom. The summed E-state index contributed by atoms with van der Waals surface area (Å²) in [6, 6.07) is 8.06. The number of rotatable bonds is 4. The van der Waals surface area contributed by atoms with E-state index < -0.39 is 0 Å². The van der Waals surface area contributed by atoms with Gasteiger partial charge in [-0.1, -0.05) is 18.2 Å². The highest BCUT2D eigenvalue weighted by molar-refractivity contribution is 5.76. The molecule has 18 heavy (non-hydrogen) atoms. The zero-order chi connectivity index (χ0) is 13.0. The van der Waals surface area contributed by atoms with Crippen molar-refractivity contribution in [1.29, 1.82) is 0 Å². The van der Waals surface area contributed by atoms with Crippen molar-refractivity contribution in [1.82, 2.24) is 4.90 Å². The van der Waals surface area contributed by atoms with Gasteiger partial charge in [0.2, 0.25) is 5.91 Å². The molecule has 1 aliphatic rings. The Morgan fingerprint density at radius 2 is 2.06 bits per heavy atom. The molecule has 2 rings (SSSR count). The van der Waals surface area contributed by atoms with Crippen LogP contribution in [0.1, 0.15) is 18.4 Å². The largest absolute Gasteiger partial charge is 0.496 e. The van der Waals surface area contributed by atoms with Crippen LogP contribution >= 0.6 is 0 Å². The summed E-state index contributed by atoms with van der Waals surface area (Å²) in [5.74, 6) is 0.820. The fourth-order valence-electron chi connectivity index (χ4n) is 2.45. The molecule has 0 atom stereocenters. The van der Waals surface area contributed by atoms with Crippen LogP contribution in [0.15, 0.2) is 24.3 Å². The van der Waals surface area contributed by atoms with Crippen molar-refractivity contribution in [3.8, 4) is 5.75 Å². The Kier molecular flexibility index (Phi) is 4.20. The van der Waals surface area contributed by atoms with E-state index in [1.54, 1.807) is 7.11 Å². The van der Waals surface area contributed by atoms with Gasteiger partial charge in [-0.2, -0.15) is 0 Å². The number of nitrogens with two attached hydrogens (primary N) is 1. The fourth-order valence-corrected chi connectivity index (χ4v) is 2.45. The van der Waals surface area contributed by atoms with E-state index in [0.717, 1.165) is 38.2 Å². The third-order valence-electron chi connectivity index (χ3n) is 3.58.